The van der Waals surface area contributed by atoms with E-state index in [1.165, 1.54) is 12.1 Å². The molecule has 1 unspecified atom stereocenters. The van der Waals surface area contributed by atoms with E-state index in [1.54, 1.807) is 21.9 Å². The SMILES string of the molecule is O=C(O)c1ccc2c(c1)OCC(c1cccc(Cl)c1)N(C(=O)N1CCOCC1)C2. The summed E-state index contributed by atoms with van der Waals surface area (Å²) < 4.78 is 11.3. The molecule has 1 atom stereocenters. The fourth-order valence-corrected chi connectivity index (χ4v) is 3.83. The highest BCUT2D eigenvalue weighted by molar-refractivity contribution is 6.30. The Morgan fingerprint density at radius 3 is 2.62 bits per heavy atom. The lowest BCUT2D eigenvalue weighted by Crippen LogP contribution is -2.49. The van der Waals surface area contributed by atoms with Gasteiger partial charge in [0, 0.05) is 23.7 Å². The summed E-state index contributed by atoms with van der Waals surface area (Å²) in [5.74, 6) is -0.539. The van der Waals surface area contributed by atoms with Crippen LogP contribution in [0.4, 0.5) is 4.79 Å². The van der Waals surface area contributed by atoms with Gasteiger partial charge in [0.05, 0.1) is 31.4 Å². The van der Waals surface area contributed by atoms with Crippen molar-refractivity contribution in [2.45, 2.75) is 12.6 Å². The summed E-state index contributed by atoms with van der Waals surface area (Å²) >= 11 is 6.19. The summed E-state index contributed by atoms with van der Waals surface area (Å²) in [7, 11) is 0. The number of aromatic carboxylic acids is 1. The van der Waals surface area contributed by atoms with Crippen molar-refractivity contribution in [3.63, 3.8) is 0 Å². The second kappa shape index (κ2) is 8.31. The van der Waals surface area contributed by atoms with Gasteiger partial charge in [0.15, 0.2) is 0 Å². The van der Waals surface area contributed by atoms with Crippen LogP contribution in [0.2, 0.25) is 5.02 Å². The highest BCUT2D eigenvalue weighted by Crippen LogP contribution is 2.34. The fourth-order valence-electron chi connectivity index (χ4n) is 3.63. The Labute approximate surface area is 173 Å². The molecule has 0 saturated carbocycles. The lowest BCUT2D eigenvalue weighted by atomic mass is 10.1. The van der Waals surface area contributed by atoms with E-state index in [2.05, 4.69) is 0 Å². The maximum atomic E-state index is 13.4. The molecule has 2 aromatic carbocycles. The molecule has 152 valence electrons. The van der Waals surface area contributed by atoms with E-state index in [1.807, 2.05) is 18.2 Å². The molecule has 0 radical (unpaired) electrons. The molecule has 0 aliphatic carbocycles. The van der Waals surface area contributed by atoms with Gasteiger partial charge in [0.2, 0.25) is 0 Å². The molecule has 0 aromatic heterocycles. The molecule has 29 heavy (non-hydrogen) atoms. The van der Waals surface area contributed by atoms with Crippen LogP contribution < -0.4 is 4.74 Å². The Bertz CT molecular complexity index is 929. The van der Waals surface area contributed by atoms with Gasteiger partial charge in [-0.05, 0) is 29.8 Å². The van der Waals surface area contributed by atoms with Crippen LogP contribution in [0.1, 0.15) is 27.5 Å². The molecule has 4 rings (SSSR count). The lowest BCUT2D eigenvalue weighted by molar-refractivity contribution is 0.0362. The quantitative estimate of drug-likeness (QED) is 0.811. The summed E-state index contributed by atoms with van der Waals surface area (Å²) in [6.07, 6.45) is 0. The number of hydrogen-bond donors (Lipinski definition) is 1. The van der Waals surface area contributed by atoms with Crippen LogP contribution in [0.3, 0.4) is 0 Å². The molecule has 1 saturated heterocycles. The van der Waals surface area contributed by atoms with E-state index in [9.17, 15) is 14.7 Å². The largest absolute Gasteiger partial charge is 0.491 e. The van der Waals surface area contributed by atoms with Crippen molar-refractivity contribution >= 4 is 23.6 Å². The van der Waals surface area contributed by atoms with E-state index < -0.39 is 5.97 Å². The third-order valence-electron chi connectivity index (χ3n) is 5.19. The van der Waals surface area contributed by atoms with Gasteiger partial charge >= 0.3 is 12.0 Å². The molecule has 0 bridgehead atoms. The van der Waals surface area contributed by atoms with Gasteiger partial charge in [-0.15, -0.1) is 0 Å². The number of ether oxygens (including phenoxy) is 2. The molecule has 2 aliphatic heterocycles. The number of carbonyl (C=O) groups is 2. The number of hydrogen-bond acceptors (Lipinski definition) is 4. The first kappa shape index (κ1) is 19.5. The minimum Gasteiger partial charge on any atom is -0.491 e. The zero-order valence-corrected chi connectivity index (χ0v) is 16.5. The second-order valence-corrected chi connectivity index (χ2v) is 7.46. The van der Waals surface area contributed by atoms with E-state index in [4.69, 9.17) is 21.1 Å². The molecular formula is C21H21ClN2O5. The number of urea groups is 1. The van der Waals surface area contributed by atoms with Crippen molar-refractivity contribution in [1.82, 2.24) is 9.80 Å². The number of amides is 2. The second-order valence-electron chi connectivity index (χ2n) is 7.02. The number of benzene rings is 2. The summed E-state index contributed by atoms with van der Waals surface area (Å²) in [5.41, 5.74) is 1.78. The zero-order chi connectivity index (χ0) is 20.4. The monoisotopic (exact) mass is 416 g/mol. The summed E-state index contributed by atoms with van der Waals surface area (Å²) in [6, 6.07) is 11.7. The molecular weight excluding hydrogens is 396 g/mol. The van der Waals surface area contributed by atoms with Crippen LogP contribution in [-0.4, -0.2) is 59.8 Å². The normalized spacial score (nSPS) is 19.1. The summed E-state index contributed by atoms with van der Waals surface area (Å²) in [5, 5.41) is 9.85. The Balaban J connectivity index is 1.71. The number of nitrogens with zero attached hydrogens (tertiary/aromatic N) is 2. The number of rotatable bonds is 2. The summed E-state index contributed by atoms with van der Waals surface area (Å²) in [6.45, 7) is 2.59. The lowest BCUT2D eigenvalue weighted by Gasteiger charge is -2.36. The maximum absolute atomic E-state index is 13.4. The molecule has 8 heteroatoms. The predicted octanol–water partition coefficient (Wildman–Crippen LogP) is 3.43. The van der Waals surface area contributed by atoms with Gasteiger partial charge < -0.3 is 24.4 Å². The van der Waals surface area contributed by atoms with Gasteiger partial charge in [-0.3, -0.25) is 0 Å². The van der Waals surface area contributed by atoms with Gasteiger partial charge in [0.25, 0.3) is 0 Å². The molecule has 2 amide bonds. The number of carbonyl (C=O) groups excluding carboxylic acids is 1. The number of carboxylic acid groups (broad SMARTS) is 1. The van der Waals surface area contributed by atoms with Gasteiger partial charge in [-0.1, -0.05) is 29.8 Å². The molecule has 2 aromatic rings. The Morgan fingerprint density at radius 1 is 1.10 bits per heavy atom. The van der Waals surface area contributed by atoms with Crippen LogP contribution >= 0.6 is 11.6 Å². The number of halogens is 1. The first-order valence-corrected chi connectivity index (χ1v) is 9.78. The van der Waals surface area contributed by atoms with Crippen molar-refractivity contribution in [1.29, 1.82) is 0 Å². The smallest absolute Gasteiger partial charge is 0.335 e. The third-order valence-corrected chi connectivity index (χ3v) is 5.42. The van der Waals surface area contributed by atoms with Gasteiger partial charge in [-0.25, -0.2) is 9.59 Å². The van der Waals surface area contributed by atoms with Crippen LogP contribution in [0.15, 0.2) is 42.5 Å². The highest BCUT2D eigenvalue weighted by atomic mass is 35.5. The van der Waals surface area contributed by atoms with E-state index >= 15 is 0 Å². The molecule has 1 N–H and O–H groups in total. The minimum absolute atomic E-state index is 0.1000. The number of morpholine rings is 1. The Hall–Kier alpha value is -2.77. The third kappa shape index (κ3) is 4.16. The average Bonchev–Trinajstić information content (AvgIpc) is 2.93. The van der Waals surface area contributed by atoms with Gasteiger partial charge in [-0.2, -0.15) is 0 Å². The number of carboxylic acids is 1. The molecule has 7 nitrogen and oxygen atoms in total. The van der Waals surface area contributed by atoms with Gasteiger partial charge in [0.1, 0.15) is 12.4 Å². The molecule has 0 spiro atoms. The van der Waals surface area contributed by atoms with Crippen molar-refractivity contribution in [3.05, 3.63) is 64.2 Å². The van der Waals surface area contributed by atoms with Crippen LogP contribution in [0, 0.1) is 0 Å². The fraction of sp³-hybridized carbons (Fsp3) is 0.333. The van der Waals surface area contributed by atoms with Crippen molar-refractivity contribution < 1.29 is 24.2 Å². The average molecular weight is 417 g/mol. The predicted molar refractivity (Wildman–Crippen MR) is 106 cm³/mol. The molecule has 2 aliphatic rings. The van der Waals surface area contributed by atoms with Crippen molar-refractivity contribution in [2.24, 2.45) is 0 Å². The molecule has 1 fully saturated rings. The van der Waals surface area contributed by atoms with E-state index in [0.29, 0.717) is 43.6 Å². The van der Waals surface area contributed by atoms with E-state index in [-0.39, 0.29) is 24.2 Å². The van der Waals surface area contributed by atoms with E-state index in [0.717, 1.165) is 11.1 Å². The van der Waals surface area contributed by atoms with Crippen molar-refractivity contribution in [2.75, 3.05) is 32.9 Å². The summed E-state index contributed by atoms with van der Waals surface area (Å²) in [4.78, 5) is 28.2. The van der Waals surface area contributed by atoms with Crippen LogP contribution in [-0.2, 0) is 11.3 Å². The maximum Gasteiger partial charge on any atom is 0.335 e. The molecule has 2 heterocycles. The number of fused-ring (bicyclic) bond motifs is 1. The zero-order valence-electron chi connectivity index (χ0n) is 15.7. The van der Waals surface area contributed by atoms with Crippen LogP contribution in [0.25, 0.3) is 0 Å². The standard InChI is InChI=1S/C21H21ClN2O5/c22-17-3-1-2-14(10-17)18-13-29-19-11-15(20(25)26)4-5-16(19)12-24(18)21(27)23-6-8-28-9-7-23/h1-5,10-11,18H,6-9,12-13H2,(H,25,26). The minimum atomic E-state index is -1.02. The topological polar surface area (TPSA) is 79.3 Å². The van der Waals surface area contributed by atoms with Crippen LogP contribution in [0.5, 0.6) is 5.75 Å². The highest BCUT2D eigenvalue weighted by Gasteiger charge is 2.33. The van der Waals surface area contributed by atoms with Crippen molar-refractivity contribution in [3.8, 4) is 5.75 Å². The first-order chi connectivity index (χ1) is 14.0. The Morgan fingerprint density at radius 2 is 1.90 bits per heavy atom. The first-order valence-electron chi connectivity index (χ1n) is 9.40. The Kier molecular flexibility index (Phi) is 5.60.